The van der Waals surface area contributed by atoms with Gasteiger partial charge in [0.15, 0.2) is 11.6 Å². The first-order chi connectivity index (χ1) is 8.61. The van der Waals surface area contributed by atoms with Gasteiger partial charge in [-0.2, -0.15) is 0 Å². The SMILES string of the molecule is CNCc1ccn(Cc2ccc(F)c(F)c2)c1C. The lowest BCUT2D eigenvalue weighted by Gasteiger charge is -2.08. The summed E-state index contributed by atoms with van der Waals surface area (Å²) in [7, 11) is 1.89. The molecule has 2 aromatic rings. The topological polar surface area (TPSA) is 17.0 Å². The van der Waals surface area contributed by atoms with Crippen molar-refractivity contribution in [3.8, 4) is 0 Å². The fourth-order valence-corrected chi connectivity index (χ4v) is 1.98. The average molecular weight is 250 g/mol. The van der Waals surface area contributed by atoms with E-state index in [-0.39, 0.29) is 0 Å². The molecule has 0 aliphatic carbocycles. The van der Waals surface area contributed by atoms with Crippen LogP contribution < -0.4 is 5.32 Å². The number of halogens is 2. The van der Waals surface area contributed by atoms with E-state index in [0.29, 0.717) is 6.54 Å². The van der Waals surface area contributed by atoms with E-state index in [0.717, 1.165) is 23.9 Å². The predicted octanol–water partition coefficient (Wildman–Crippen LogP) is 2.84. The first-order valence-corrected chi connectivity index (χ1v) is 5.85. The third-order valence-electron chi connectivity index (χ3n) is 3.06. The van der Waals surface area contributed by atoms with Crippen LogP contribution in [0.2, 0.25) is 0 Å². The van der Waals surface area contributed by atoms with Crippen molar-refractivity contribution < 1.29 is 8.78 Å². The van der Waals surface area contributed by atoms with Gasteiger partial charge in [-0.05, 0) is 43.3 Å². The lowest BCUT2D eigenvalue weighted by atomic mass is 10.2. The van der Waals surface area contributed by atoms with Crippen LogP contribution in [0, 0.1) is 18.6 Å². The van der Waals surface area contributed by atoms with E-state index < -0.39 is 11.6 Å². The summed E-state index contributed by atoms with van der Waals surface area (Å²) in [6.45, 7) is 3.37. The number of aromatic nitrogens is 1. The summed E-state index contributed by atoms with van der Waals surface area (Å²) in [6.07, 6.45) is 1.96. The van der Waals surface area contributed by atoms with Crippen molar-refractivity contribution >= 4 is 0 Å². The molecule has 0 radical (unpaired) electrons. The minimum Gasteiger partial charge on any atom is -0.347 e. The maximum absolute atomic E-state index is 13.1. The lowest BCUT2D eigenvalue weighted by molar-refractivity contribution is 0.506. The standard InChI is InChI=1S/C14H16F2N2/c1-10-12(8-17-2)5-6-18(10)9-11-3-4-13(15)14(16)7-11/h3-7,17H,8-9H2,1-2H3. The molecule has 1 aromatic heterocycles. The molecule has 0 amide bonds. The van der Waals surface area contributed by atoms with Crippen LogP contribution in [-0.4, -0.2) is 11.6 Å². The highest BCUT2D eigenvalue weighted by Crippen LogP contribution is 2.14. The van der Waals surface area contributed by atoms with Crippen molar-refractivity contribution in [3.05, 3.63) is 58.9 Å². The van der Waals surface area contributed by atoms with Crippen molar-refractivity contribution in [1.29, 1.82) is 0 Å². The van der Waals surface area contributed by atoms with Gasteiger partial charge in [-0.25, -0.2) is 8.78 Å². The highest BCUT2D eigenvalue weighted by molar-refractivity contribution is 5.24. The molecule has 0 saturated heterocycles. The van der Waals surface area contributed by atoms with Crippen LogP contribution >= 0.6 is 0 Å². The van der Waals surface area contributed by atoms with Crippen molar-refractivity contribution in [1.82, 2.24) is 9.88 Å². The van der Waals surface area contributed by atoms with Crippen molar-refractivity contribution in [2.24, 2.45) is 0 Å². The minimum absolute atomic E-state index is 0.548. The molecule has 2 nitrogen and oxygen atoms in total. The molecule has 18 heavy (non-hydrogen) atoms. The molecular weight excluding hydrogens is 234 g/mol. The first kappa shape index (κ1) is 12.8. The number of benzene rings is 1. The molecule has 0 bridgehead atoms. The molecule has 2 rings (SSSR count). The molecular formula is C14H16F2N2. The van der Waals surface area contributed by atoms with E-state index in [2.05, 4.69) is 5.32 Å². The van der Waals surface area contributed by atoms with Gasteiger partial charge in [0.05, 0.1) is 0 Å². The molecule has 4 heteroatoms. The highest BCUT2D eigenvalue weighted by Gasteiger charge is 2.06. The highest BCUT2D eigenvalue weighted by atomic mass is 19.2. The molecule has 0 aliphatic heterocycles. The maximum atomic E-state index is 13.1. The molecule has 0 atom stereocenters. The Bertz CT molecular complexity index is 547. The molecule has 1 heterocycles. The molecule has 0 spiro atoms. The van der Waals surface area contributed by atoms with Gasteiger partial charge in [0.25, 0.3) is 0 Å². The average Bonchev–Trinajstić information content (AvgIpc) is 2.67. The van der Waals surface area contributed by atoms with Gasteiger partial charge in [0.2, 0.25) is 0 Å². The Balaban J connectivity index is 2.20. The van der Waals surface area contributed by atoms with Gasteiger partial charge in [-0.15, -0.1) is 0 Å². The number of hydrogen-bond donors (Lipinski definition) is 1. The van der Waals surface area contributed by atoms with E-state index in [1.807, 2.05) is 30.8 Å². The second-order valence-corrected chi connectivity index (χ2v) is 4.33. The van der Waals surface area contributed by atoms with Crippen LogP contribution in [0.15, 0.2) is 30.5 Å². The smallest absolute Gasteiger partial charge is 0.159 e. The fraction of sp³-hybridized carbons (Fsp3) is 0.286. The van der Waals surface area contributed by atoms with E-state index in [9.17, 15) is 8.78 Å². The fourth-order valence-electron chi connectivity index (χ4n) is 1.98. The van der Waals surface area contributed by atoms with Gasteiger partial charge in [-0.1, -0.05) is 6.07 Å². The second kappa shape index (κ2) is 5.31. The zero-order valence-electron chi connectivity index (χ0n) is 10.5. The van der Waals surface area contributed by atoms with Crippen molar-refractivity contribution in [3.63, 3.8) is 0 Å². The van der Waals surface area contributed by atoms with Gasteiger partial charge < -0.3 is 9.88 Å². The van der Waals surface area contributed by atoms with Crippen LogP contribution in [0.3, 0.4) is 0 Å². The van der Waals surface area contributed by atoms with Crippen LogP contribution in [0.4, 0.5) is 8.78 Å². The maximum Gasteiger partial charge on any atom is 0.159 e. The third kappa shape index (κ3) is 2.59. The zero-order chi connectivity index (χ0) is 13.1. The Labute approximate surface area is 105 Å². The largest absolute Gasteiger partial charge is 0.347 e. The van der Waals surface area contributed by atoms with Crippen molar-refractivity contribution in [2.45, 2.75) is 20.0 Å². The number of hydrogen-bond acceptors (Lipinski definition) is 1. The zero-order valence-corrected chi connectivity index (χ0v) is 10.5. The molecule has 1 N–H and O–H groups in total. The Hall–Kier alpha value is -1.68. The first-order valence-electron chi connectivity index (χ1n) is 5.85. The van der Waals surface area contributed by atoms with Crippen LogP contribution in [0.1, 0.15) is 16.8 Å². The summed E-state index contributed by atoms with van der Waals surface area (Å²) in [6, 6.07) is 6.05. The Morgan fingerprint density at radius 3 is 2.61 bits per heavy atom. The number of rotatable bonds is 4. The van der Waals surface area contributed by atoms with E-state index in [1.165, 1.54) is 11.6 Å². The molecule has 96 valence electrons. The molecule has 0 aliphatic rings. The van der Waals surface area contributed by atoms with Crippen LogP contribution in [0.5, 0.6) is 0 Å². The molecule has 0 unspecified atom stereocenters. The number of nitrogens with one attached hydrogen (secondary N) is 1. The van der Waals surface area contributed by atoms with E-state index >= 15 is 0 Å². The lowest BCUT2D eigenvalue weighted by Crippen LogP contribution is -2.07. The third-order valence-corrected chi connectivity index (χ3v) is 3.06. The molecule has 1 aromatic carbocycles. The van der Waals surface area contributed by atoms with E-state index in [4.69, 9.17) is 0 Å². The normalized spacial score (nSPS) is 10.9. The van der Waals surface area contributed by atoms with Crippen LogP contribution in [0.25, 0.3) is 0 Å². The number of nitrogens with zero attached hydrogens (tertiary/aromatic N) is 1. The Morgan fingerprint density at radius 1 is 1.17 bits per heavy atom. The summed E-state index contributed by atoms with van der Waals surface area (Å²) in [5, 5.41) is 3.10. The summed E-state index contributed by atoms with van der Waals surface area (Å²) >= 11 is 0. The molecule has 0 fully saturated rings. The predicted molar refractivity (Wildman–Crippen MR) is 67.4 cm³/mol. The van der Waals surface area contributed by atoms with Gasteiger partial charge >= 0.3 is 0 Å². The van der Waals surface area contributed by atoms with Crippen LogP contribution in [-0.2, 0) is 13.1 Å². The molecule has 0 saturated carbocycles. The summed E-state index contributed by atoms with van der Waals surface area (Å²) in [5.74, 6) is -1.60. The Morgan fingerprint density at radius 2 is 1.94 bits per heavy atom. The second-order valence-electron chi connectivity index (χ2n) is 4.33. The van der Waals surface area contributed by atoms with Crippen molar-refractivity contribution in [2.75, 3.05) is 7.05 Å². The van der Waals surface area contributed by atoms with Gasteiger partial charge in [0, 0.05) is 25.0 Å². The van der Waals surface area contributed by atoms with Gasteiger partial charge in [-0.3, -0.25) is 0 Å². The quantitative estimate of drug-likeness (QED) is 0.883. The summed E-state index contributed by atoms with van der Waals surface area (Å²) < 4.78 is 28.0. The Kier molecular flexibility index (Phi) is 3.77. The monoisotopic (exact) mass is 250 g/mol. The minimum atomic E-state index is -0.807. The summed E-state index contributed by atoms with van der Waals surface area (Å²) in [5.41, 5.74) is 3.10. The summed E-state index contributed by atoms with van der Waals surface area (Å²) in [4.78, 5) is 0. The van der Waals surface area contributed by atoms with E-state index in [1.54, 1.807) is 6.07 Å². The van der Waals surface area contributed by atoms with Gasteiger partial charge in [0.1, 0.15) is 0 Å².